The number of halogens is 1. The van der Waals surface area contributed by atoms with E-state index in [2.05, 4.69) is 40.2 Å². The van der Waals surface area contributed by atoms with Crippen molar-refractivity contribution in [3.05, 3.63) is 41.5 Å². The largest absolute Gasteiger partial charge is 0.369 e. The summed E-state index contributed by atoms with van der Waals surface area (Å²) in [4.78, 5) is 6.44. The van der Waals surface area contributed by atoms with Crippen LogP contribution in [0.2, 0.25) is 0 Å². The zero-order valence-electron chi connectivity index (χ0n) is 15.9. The Morgan fingerprint density at radius 3 is 2.54 bits per heavy atom. The molecular formula is C18H26ClN5O3S. The third-order valence-electron chi connectivity index (χ3n) is 5.46. The highest BCUT2D eigenvalue weighted by molar-refractivity contribution is 7.88. The minimum absolute atomic E-state index is 0. The molecule has 0 atom stereocenters. The minimum Gasteiger partial charge on any atom is -0.369 e. The Hall–Kier alpha value is -1.68. The van der Waals surface area contributed by atoms with E-state index in [1.165, 1.54) is 9.87 Å². The minimum atomic E-state index is -3.50. The maximum absolute atomic E-state index is 12.7. The molecule has 0 amide bonds. The molecule has 1 aliphatic carbocycles. The average molecular weight is 428 g/mol. The summed E-state index contributed by atoms with van der Waals surface area (Å²) >= 11 is 0. The van der Waals surface area contributed by atoms with Crippen LogP contribution in [0.1, 0.15) is 36.5 Å². The van der Waals surface area contributed by atoms with E-state index in [1.807, 2.05) is 6.07 Å². The molecule has 0 unspecified atom stereocenters. The maximum atomic E-state index is 12.7. The van der Waals surface area contributed by atoms with E-state index < -0.39 is 15.6 Å². The quantitative estimate of drug-likeness (QED) is 0.775. The summed E-state index contributed by atoms with van der Waals surface area (Å²) in [7, 11) is -3.50. The van der Waals surface area contributed by atoms with Crippen LogP contribution in [-0.4, -0.2) is 49.0 Å². The molecule has 154 valence electrons. The topological polar surface area (TPSA) is 106 Å². The van der Waals surface area contributed by atoms with Crippen molar-refractivity contribution in [3.8, 4) is 0 Å². The van der Waals surface area contributed by atoms with Gasteiger partial charge in [0.05, 0.1) is 5.54 Å². The number of anilines is 1. The van der Waals surface area contributed by atoms with Crippen molar-refractivity contribution >= 4 is 28.1 Å². The van der Waals surface area contributed by atoms with Gasteiger partial charge in [0.15, 0.2) is 5.82 Å². The van der Waals surface area contributed by atoms with E-state index >= 15 is 0 Å². The zero-order valence-corrected chi connectivity index (χ0v) is 17.5. The fraction of sp³-hybridized carbons (Fsp3) is 0.556. The zero-order chi connectivity index (χ0) is 19.1. The molecule has 2 aliphatic rings. The summed E-state index contributed by atoms with van der Waals surface area (Å²) in [5.74, 6) is 0.256. The Labute approximate surface area is 171 Å². The summed E-state index contributed by atoms with van der Waals surface area (Å²) in [5, 5.41) is 3.90. The van der Waals surface area contributed by atoms with Crippen molar-refractivity contribution in [1.82, 2.24) is 14.4 Å². The van der Waals surface area contributed by atoms with Crippen LogP contribution in [0.25, 0.3) is 0 Å². The van der Waals surface area contributed by atoms with E-state index in [0.29, 0.717) is 32.0 Å². The molecule has 2 heterocycles. The van der Waals surface area contributed by atoms with Gasteiger partial charge in [-0.2, -0.15) is 9.29 Å². The first-order valence-corrected chi connectivity index (χ1v) is 10.9. The van der Waals surface area contributed by atoms with Gasteiger partial charge in [-0.1, -0.05) is 17.3 Å². The predicted molar refractivity (Wildman–Crippen MR) is 109 cm³/mol. The van der Waals surface area contributed by atoms with Crippen LogP contribution in [0, 0.1) is 6.92 Å². The lowest BCUT2D eigenvalue weighted by molar-refractivity contribution is 0.229. The lowest BCUT2D eigenvalue weighted by Gasteiger charge is -2.35. The number of hydrogen-bond acceptors (Lipinski definition) is 7. The molecule has 0 bridgehead atoms. The molecule has 2 fully saturated rings. The van der Waals surface area contributed by atoms with Gasteiger partial charge in [-0.3, -0.25) is 0 Å². The molecule has 10 heteroatoms. The number of aryl methyl sites for hydroxylation is 1. The van der Waals surface area contributed by atoms with Gasteiger partial charge in [-0.25, -0.2) is 8.42 Å². The SMILES string of the molecule is Cc1cccc(N2CCN(S(=O)(=O)Cc3nc(C4(N)CCC4)no3)CC2)c1.Cl. The van der Waals surface area contributed by atoms with Crippen LogP contribution in [0.4, 0.5) is 5.69 Å². The summed E-state index contributed by atoms with van der Waals surface area (Å²) in [6.45, 7) is 4.25. The average Bonchev–Trinajstić information content (AvgIpc) is 3.08. The van der Waals surface area contributed by atoms with Crippen molar-refractivity contribution < 1.29 is 12.9 Å². The second-order valence-corrected chi connectivity index (χ2v) is 9.47. The molecule has 1 saturated carbocycles. The molecule has 2 N–H and O–H groups in total. The van der Waals surface area contributed by atoms with Gasteiger partial charge < -0.3 is 15.2 Å². The first kappa shape index (κ1) is 21.0. The Kier molecular flexibility index (Phi) is 6.00. The van der Waals surface area contributed by atoms with E-state index in [4.69, 9.17) is 10.3 Å². The fourth-order valence-corrected chi connectivity index (χ4v) is 4.93. The Balaban J connectivity index is 0.00000225. The summed E-state index contributed by atoms with van der Waals surface area (Å²) in [6, 6.07) is 8.25. The number of rotatable bonds is 5. The van der Waals surface area contributed by atoms with Gasteiger partial charge in [-0.05, 0) is 43.9 Å². The highest BCUT2D eigenvalue weighted by atomic mass is 35.5. The van der Waals surface area contributed by atoms with E-state index in [-0.39, 0.29) is 24.1 Å². The second kappa shape index (κ2) is 7.98. The number of piperazine rings is 1. The van der Waals surface area contributed by atoms with E-state index in [9.17, 15) is 8.42 Å². The molecule has 1 aliphatic heterocycles. The van der Waals surface area contributed by atoms with Crippen molar-refractivity contribution in [2.24, 2.45) is 5.73 Å². The van der Waals surface area contributed by atoms with Crippen LogP contribution in [0.15, 0.2) is 28.8 Å². The van der Waals surface area contributed by atoms with Gasteiger partial charge >= 0.3 is 0 Å². The number of aromatic nitrogens is 2. The third kappa shape index (κ3) is 4.17. The highest BCUT2D eigenvalue weighted by Crippen LogP contribution is 2.37. The van der Waals surface area contributed by atoms with Gasteiger partial charge in [0.1, 0.15) is 5.75 Å². The molecule has 0 spiro atoms. The summed E-state index contributed by atoms with van der Waals surface area (Å²) in [6.07, 6.45) is 2.64. The summed E-state index contributed by atoms with van der Waals surface area (Å²) < 4.78 is 32.2. The molecule has 4 rings (SSSR count). The predicted octanol–water partition coefficient (Wildman–Crippen LogP) is 1.79. The first-order chi connectivity index (χ1) is 12.9. The van der Waals surface area contributed by atoms with Crippen LogP contribution in [0.5, 0.6) is 0 Å². The monoisotopic (exact) mass is 427 g/mol. The van der Waals surface area contributed by atoms with E-state index in [1.54, 1.807) is 0 Å². The molecule has 2 aromatic rings. The molecule has 28 heavy (non-hydrogen) atoms. The fourth-order valence-electron chi connectivity index (χ4n) is 3.59. The van der Waals surface area contributed by atoms with Crippen LogP contribution >= 0.6 is 12.4 Å². The number of benzene rings is 1. The smallest absolute Gasteiger partial charge is 0.243 e. The first-order valence-electron chi connectivity index (χ1n) is 9.27. The molecule has 8 nitrogen and oxygen atoms in total. The van der Waals surface area contributed by atoms with E-state index in [0.717, 1.165) is 24.9 Å². The molecule has 0 radical (unpaired) electrons. The standard InChI is InChI=1S/C18H25N5O3S.ClH/c1-14-4-2-5-15(12-14)22-8-10-23(11-9-22)27(24,25)13-16-20-17(21-26-16)18(19)6-3-7-18;/h2,4-5,12H,3,6-11,13,19H2,1H3;1H. The van der Waals surface area contributed by atoms with Gasteiger partial charge in [0, 0.05) is 31.9 Å². The lowest BCUT2D eigenvalue weighted by Crippen LogP contribution is -2.49. The van der Waals surface area contributed by atoms with Crippen molar-refractivity contribution in [2.45, 2.75) is 37.5 Å². The highest BCUT2D eigenvalue weighted by Gasteiger charge is 2.39. The molecule has 1 aromatic heterocycles. The second-order valence-electron chi connectivity index (χ2n) is 7.50. The Morgan fingerprint density at radius 1 is 1.21 bits per heavy atom. The van der Waals surface area contributed by atoms with Gasteiger partial charge in [-0.15, -0.1) is 12.4 Å². The number of hydrogen-bond donors (Lipinski definition) is 1. The summed E-state index contributed by atoms with van der Waals surface area (Å²) in [5.41, 5.74) is 7.94. The van der Waals surface area contributed by atoms with Gasteiger partial charge in [0.25, 0.3) is 0 Å². The van der Waals surface area contributed by atoms with Crippen LogP contribution in [0.3, 0.4) is 0 Å². The molecule has 1 saturated heterocycles. The van der Waals surface area contributed by atoms with Crippen molar-refractivity contribution in [3.63, 3.8) is 0 Å². The van der Waals surface area contributed by atoms with Crippen LogP contribution < -0.4 is 10.6 Å². The molecule has 1 aromatic carbocycles. The van der Waals surface area contributed by atoms with Crippen molar-refractivity contribution in [2.75, 3.05) is 31.1 Å². The number of nitrogens with zero attached hydrogens (tertiary/aromatic N) is 4. The van der Waals surface area contributed by atoms with Crippen LogP contribution in [-0.2, 0) is 21.3 Å². The maximum Gasteiger partial charge on any atom is 0.243 e. The number of sulfonamides is 1. The van der Waals surface area contributed by atoms with Gasteiger partial charge in [0.2, 0.25) is 15.9 Å². The Bertz CT molecular complexity index is 921. The molecular weight excluding hydrogens is 402 g/mol. The third-order valence-corrected chi connectivity index (χ3v) is 7.23. The lowest BCUT2D eigenvalue weighted by atomic mass is 9.77. The Morgan fingerprint density at radius 2 is 1.93 bits per heavy atom. The normalized spacial score (nSPS) is 19.7. The van der Waals surface area contributed by atoms with Crippen molar-refractivity contribution in [1.29, 1.82) is 0 Å². The number of nitrogens with two attached hydrogens (primary N) is 1.